The highest BCUT2D eigenvalue weighted by Crippen LogP contribution is 2.21. The Morgan fingerprint density at radius 2 is 1.75 bits per heavy atom. The van der Waals surface area contributed by atoms with Crippen LogP contribution in [0.3, 0.4) is 0 Å². The second kappa shape index (κ2) is 8.91. The number of piperazine rings is 1. The first-order chi connectivity index (χ1) is 13.4. The number of nitrogens with zero attached hydrogens (tertiary/aromatic N) is 2. The lowest BCUT2D eigenvalue weighted by molar-refractivity contribution is 0.0570. The molecule has 0 spiro atoms. The minimum Gasteiger partial charge on any atom is -0.450 e. The summed E-state index contributed by atoms with van der Waals surface area (Å²) in [6.07, 6.45) is 3.39. The van der Waals surface area contributed by atoms with Crippen molar-refractivity contribution in [1.82, 2.24) is 14.5 Å². The van der Waals surface area contributed by atoms with Crippen molar-refractivity contribution >= 4 is 22.0 Å². The van der Waals surface area contributed by atoms with E-state index in [-0.39, 0.29) is 22.9 Å². The molecule has 3 rings (SSSR count). The van der Waals surface area contributed by atoms with Gasteiger partial charge in [0.05, 0.1) is 11.5 Å². The van der Waals surface area contributed by atoms with E-state index in [1.165, 1.54) is 12.1 Å². The first-order valence-corrected chi connectivity index (χ1v) is 11.2. The van der Waals surface area contributed by atoms with E-state index in [4.69, 9.17) is 4.74 Å². The highest BCUT2D eigenvalue weighted by Gasteiger charge is 2.27. The van der Waals surface area contributed by atoms with Crippen LogP contribution in [-0.2, 0) is 14.8 Å². The summed E-state index contributed by atoms with van der Waals surface area (Å²) in [7, 11) is -3.65. The van der Waals surface area contributed by atoms with Crippen molar-refractivity contribution in [2.24, 2.45) is 0 Å². The lowest BCUT2D eigenvalue weighted by Crippen LogP contribution is -2.50. The summed E-state index contributed by atoms with van der Waals surface area (Å²) >= 11 is 0. The van der Waals surface area contributed by atoms with Crippen LogP contribution in [0.4, 0.5) is 4.79 Å². The third-order valence-corrected chi connectivity index (χ3v) is 6.68. The highest BCUT2D eigenvalue weighted by molar-refractivity contribution is 7.89. The van der Waals surface area contributed by atoms with Crippen molar-refractivity contribution < 1.29 is 22.7 Å². The molecule has 8 nitrogen and oxygen atoms in total. The second-order valence-corrected chi connectivity index (χ2v) is 8.82. The van der Waals surface area contributed by atoms with E-state index in [9.17, 15) is 18.0 Å². The molecular formula is C19H27N3O5S. The predicted molar refractivity (Wildman–Crippen MR) is 104 cm³/mol. The van der Waals surface area contributed by atoms with Crippen molar-refractivity contribution in [3.63, 3.8) is 0 Å². The molecule has 28 heavy (non-hydrogen) atoms. The predicted octanol–water partition coefficient (Wildman–Crippen LogP) is 1.82. The van der Waals surface area contributed by atoms with Crippen molar-refractivity contribution in [3.05, 3.63) is 29.8 Å². The molecule has 1 aliphatic heterocycles. The molecule has 1 N–H and O–H groups in total. The average Bonchev–Trinajstić information content (AvgIpc) is 3.20. The Morgan fingerprint density at radius 1 is 1.11 bits per heavy atom. The molecule has 0 unspecified atom stereocenters. The first-order valence-electron chi connectivity index (χ1n) is 9.74. The minimum atomic E-state index is -3.65. The number of rotatable bonds is 5. The van der Waals surface area contributed by atoms with Gasteiger partial charge in [-0.2, -0.15) is 0 Å². The third-order valence-electron chi connectivity index (χ3n) is 5.16. The van der Waals surface area contributed by atoms with Crippen LogP contribution in [0.25, 0.3) is 0 Å². The van der Waals surface area contributed by atoms with Crippen LogP contribution in [-0.4, -0.2) is 69.0 Å². The van der Waals surface area contributed by atoms with Crippen LogP contribution in [0.5, 0.6) is 0 Å². The molecule has 1 saturated heterocycles. The Hall–Kier alpha value is -2.13. The van der Waals surface area contributed by atoms with Gasteiger partial charge < -0.3 is 14.5 Å². The van der Waals surface area contributed by atoms with E-state index in [1.807, 2.05) is 0 Å². The molecule has 1 heterocycles. The standard InChI is InChI=1S/C19H27N3O5S/c1-2-27-19(24)22-12-10-21(11-13-22)18(23)15-6-5-9-17(14-15)28(25,26)20-16-7-3-4-8-16/h5-6,9,14,16,20H,2-4,7-8,10-13H2,1H3. The van der Waals surface area contributed by atoms with Crippen LogP contribution in [0.2, 0.25) is 0 Å². The number of sulfonamides is 1. The molecule has 1 aromatic rings. The van der Waals surface area contributed by atoms with Crippen LogP contribution < -0.4 is 4.72 Å². The van der Waals surface area contributed by atoms with Gasteiger partial charge >= 0.3 is 6.09 Å². The van der Waals surface area contributed by atoms with E-state index in [2.05, 4.69) is 4.72 Å². The normalized spacial score (nSPS) is 18.3. The van der Waals surface area contributed by atoms with Crippen LogP contribution in [0, 0.1) is 0 Å². The fourth-order valence-corrected chi connectivity index (χ4v) is 4.97. The number of carbonyl (C=O) groups excluding carboxylic acids is 2. The van der Waals surface area contributed by atoms with E-state index in [0.29, 0.717) is 38.3 Å². The molecule has 1 saturated carbocycles. The number of ether oxygens (including phenoxy) is 1. The summed E-state index contributed by atoms with van der Waals surface area (Å²) < 4.78 is 33.0. The summed E-state index contributed by atoms with van der Waals surface area (Å²) in [5, 5.41) is 0. The quantitative estimate of drug-likeness (QED) is 0.800. The Balaban J connectivity index is 1.65. The Morgan fingerprint density at radius 3 is 2.39 bits per heavy atom. The minimum absolute atomic E-state index is 0.0275. The van der Waals surface area contributed by atoms with E-state index in [1.54, 1.807) is 28.9 Å². The van der Waals surface area contributed by atoms with Gasteiger partial charge in [-0.1, -0.05) is 18.9 Å². The van der Waals surface area contributed by atoms with Gasteiger partial charge in [-0.25, -0.2) is 17.9 Å². The summed E-state index contributed by atoms with van der Waals surface area (Å²) in [5.74, 6) is -0.235. The molecule has 1 aliphatic carbocycles. The zero-order valence-corrected chi connectivity index (χ0v) is 16.9. The summed E-state index contributed by atoms with van der Waals surface area (Å²) in [6, 6.07) is 6.12. The summed E-state index contributed by atoms with van der Waals surface area (Å²) in [4.78, 5) is 27.9. The molecule has 0 radical (unpaired) electrons. The van der Waals surface area contributed by atoms with Gasteiger partial charge in [0.1, 0.15) is 0 Å². The van der Waals surface area contributed by atoms with Crippen LogP contribution in [0.15, 0.2) is 29.2 Å². The number of hydrogen-bond donors (Lipinski definition) is 1. The van der Waals surface area contributed by atoms with Crippen molar-refractivity contribution in [2.75, 3.05) is 32.8 Å². The maximum absolute atomic E-state index is 12.8. The lowest BCUT2D eigenvalue weighted by atomic mass is 10.2. The summed E-state index contributed by atoms with van der Waals surface area (Å²) in [6.45, 7) is 3.62. The van der Waals surface area contributed by atoms with Gasteiger partial charge in [0, 0.05) is 37.8 Å². The van der Waals surface area contributed by atoms with Crippen LogP contribution in [0.1, 0.15) is 43.0 Å². The monoisotopic (exact) mass is 409 g/mol. The number of hydrogen-bond acceptors (Lipinski definition) is 5. The second-order valence-electron chi connectivity index (χ2n) is 7.11. The molecule has 1 aromatic carbocycles. The van der Waals surface area contributed by atoms with Gasteiger partial charge in [0.25, 0.3) is 5.91 Å². The number of benzene rings is 1. The Kier molecular flexibility index (Phi) is 6.56. The van der Waals surface area contributed by atoms with Crippen LogP contribution >= 0.6 is 0 Å². The average molecular weight is 410 g/mol. The number of nitrogens with one attached hydrogen (secondary N) is 1. The highest BCUT2D eigenvalue weighted by atomic mass is 32.2. The van der Waals surface area contributed by atoms with E-state index < -0.39 is 10.0 Å². The Bertz CT molecular complexity index is 813. The summed E-state index contributed by atoms with van der Waals surface area (Å²) in [5.41, 5.74) is 0.332. The maximum atomic E-state index is 12.8. The zero-order chi connectivity index (χ0) is 20.1. The molecular weight excluding hydrogens is 382 g/mol. The maximum Gasteiger partial charge on any atom is 0.409 e. The Labute approximate surface area is 165 Å². The molecule has 2 aliphatic rings. The number of carbonyl (C=O) groups is 2. The molecule has 9 heteroatoms. The smallest absolute Gasteiger partial charge is 0.409 e. The SMILES string of the molecule is CCOC(=O)N1CCN(C(=O)c2cccc(S(=O)(=O)NC3CCCC3)c2)CC1. The largest absolute Gasteiger partial charge is 0.450 e. The molecule has 0 bridgehead atoms. The van der Waals surface area contributed by atoms with Crippen molar-refractivity contribution in [1.29, 1.82) is 0 Å². The molecule has 2 fully saturated rings. The molecule has 2 amide bonds. The third kappa shape index (κ3) is 4.82. The molecule has 0 aromatic heterocycles. The van der Waals surface area contributed by atoms with E-state index in [0.717, 1.165) is 25.7 Å². The first kappa shape index (κ1) is 20.6. The van der Waals surface area contributed by atoms with Crippen molar-refractivity contribution in [2.45, 2.75) is 43.5 Å². The van der Waals surface area contributed by atoms with Gasteiger partial charge in [0.15, 0.2) is 0 Å². The van der Waals surface area contributed by atoms with Gasteiger partial charge in [0.2, 0.25) is 10.0 Å². The fourth-order valence-electron chi connectivity index (χ4n) is 3.62. The molecule has 154 valence electrons. The fraction of sp³-hybridized carbons (Fsp3) is 0.579. The van der Waals surface area contributed by atoms with Crippen molar-refractivity contribution in [3.8, 4) is 0 Å². The van der Waals surface area contributed by atoms with Gasteiger partial charge in [-0.3, -0.25) is 4.79 Å². The number of amides is 2. The molecule has 0 atom stereocenters. The topological polar surface area (TPSA) is 96.0 Å². The lowest BCUT2D eigenvalue weighted by Gasteiger charge is -2.34. The zero-order valence-electron chi connectivity index (χ0n) is 16.1. The van der Waals surface area contributed by atoms with Gasteiger partial charge in [-0.05, 0) is 38.0 Å². The van der Waals surface area contributed by atoms with Gasteiger partial charge in [-0.15, -0.1) is 0 Å². The van der Waals surface area contributed by atoms with E-state index >= 15 is 0 Å².